The van der Waals surface area contributed by atoms with Gasteiger partial charge < -0.3 is 10.4 Å². The molecule has 0 saturated heterocycles. The van der Waals surface area contributed by atoms with E-state index in [9.17, 15) is 13.2 Å². The zero-order chi connectivity index (χ0) is 20.9. The average Bonchev–Trinajstić information content (AvgIpc) is 3.54. The van der Waals surface area contributed by atoms with Crippen molar-refractivity contribution in [3.63, 3.8) is 0 Å². The molecule has 0 atom stereocenters. The van der Waals surface area contributed by atoms with Gasteiger partial charge in [0.1, 0.15) is 0 Å². The molecule has 0 N–H and O–H groups in total. The summed E-state index contributed by atoms with van der Waals surface area (Å²) in [6.07, 6.45) is 9.04. The molecule has 3 aromatic rings. The second kappa shape index (κ2) is 10.1. The quantitative estimate of drug-likeness (QED) is 0.229. The Labute approximate surface area is 189 Å². The summed E-state index contributed by atoms with van der Waals surface area (Å²) in [6.45, 7) is 0. The van der Waals surface area contributed by atoms with Gasteiger partial charge in [-0.3, -0.25) is 0 Å². The van der Waals surface area contributed by atoms with Crippen molar-refractivity contribution in [2.45, 2.75) is 0 Å². The first-order valence-corrected chi connectivity index (χ1v) is 9.32. The van der Waals surface area contributed by atoms with Crippen molar-refractivity contribution in [2.24, 2.45) is 0 Å². The van der Waals surface area contributed by atoms with Gasteiger partial charge in [0.05, 0.1) is 0 Å². The van der Waals surface area contributed by atoms with Crippen molar-refractivity contribution in [1.29, 1.82) is 0 Å². The number of nitrogens with zero attached hydrogens (tertiary/aromatic N) is 2. The third-order valence-electron chi connectivity index (χ3n) is 4.56. The van der Waals surface area contributed by atoms with Gasteiger partial charge in [0.2, 0.25) is 0 Å². The van der Waals surface area contributed by atoms with Crippen LogP contribution in [0, 0.1) is 17.5 Å². The topological polar surface area (TPSA) is 17.3 Å². The molecular formula is C25H17F3FeN2. The normalized spacial score (nSPS) is 14.0. The Kier molecular flexibility index (Phi) is 7.29. The van der Waals surface area contributed by atoms with Gasteiger partial charge in [0.25, 0.3) is 0 Å². The molecule has 3 aromatic carbocycles. The smallest absolute Gasteiger partial charge is 0.596 e. The maximum Gasteiger partial charge on any atom is 2.00 e. The minimum absolute atomic E-state index is 0. The predicted molar refractivity (Wildman–Crippen MR) is 114 cm³/mol. The van der Waals surface area contributed by atoms with Gasteiger partial charge in [0, 0.05) is 11.4 Å². The van der Waals surface area contributed by atoms with Crippen LogP contribution in [0.3, 0.4) is 0 Å². The molecule has 6 heteroatoms. The van der Waals surface area contributed by atoms with Crippen LogP contribution in [-0.2, 0) is 17.1 Å². The first kappa shape index (κ1) is 22.3. The summed E-state index contributed by atoms with van der Waals surface area (Å²) in [5.74, 6) is -3.93. The second-order valence-electron chi connectivity index (χ2n) is 6.54. The van der Waals surface area contributed by atoms with E-state index < -0.39 is 17.5 Å². The van der Waals surface area contributed by atoms with Crippen molar-refractivity contribution in [3.05, 3.63) is 143 Å². The number of anilines is 1. The number of rotatable bonds is 2. The van der Waals surface area contributed by atoms with Crippen LogP contribution in [0.5, 0.6) is 0 Å². The van der Waals surface area contributed by atoms with Crippen molar-refractivity contribution in [2.75, 3.05) is 5.01 Å². The Bertz CT molecular complexity index is 1090. The van der Waals surface area contributed by atoms with E-state index in [0.717, 1.165) is 23.4 Å². The summed E-state index contributed by atoms with van der Waals surface area (Å²) in [4.78, 5) is 0. The Morgan fingerprint density at radius 2 is 1.42 bits per heavy atom. The second-order valence-corrected chi connectivity index (χ2v) is 6.54. The van der Waals surface area contributed by atoms with Crippen LogP contribution in [-0.4, -0.2) is 0 Å². The van der Waals surface area contributed by atoms with E-state index >= 15 is 0 Å². The third-order valence-corrected chi connectivity index (χ3v) is 4.56. The predicted octanol–water partition coefficient (Wildman–Crippen LogP) is 7.04. The van der Waals surface area contributed by atoms with E-state index in [-0.39, 0.29) is 22.6 Å². The van der Waals surface area contributed by atoms with Gasteiger partial charge in [-0.25, -0.2) is 25.3 Å². The zero-order valence-corrected chi connectivity index (χ0v) is 17.3. The number of para-hydroxylation sites is 1. The summed E-state index contributed by atoms with van der Waals surface area (Å²) >= 11 is 0. The molecule has 5 rings (SSSR count). The van der Waals surface area contributed by atoms with E-state index in [1.165, 1.54) is 6.20 Å². The number of allylic oxidation sites excluding steroid dienone is 6. The van der Waals surface area contributed by atoms with E-state index in [1.54, 1.807) is 5.01 Å². The van der Waals surface area contributed by atoms with E-state index in [0.29, 0.717) is 11.3 Å². The van der Waals surface area contributed by atoms with Crippen molar-refractivity contribution >= 4 is 11.3 Å². The molecule has 0 radical (unpaired) electrons. The zero-order valence-electron chi connectivity index (χ0n) is 16.2. The minimum atomic E-state index is -1.48. The average molecular weight is 458 g/mol. The summed E-state index contributed by atoms with van der Waals surface area (Å²) < 4.78 is 40.7. The molecule has 0 amide bonds. The molecule has 2 aliphatic rings. The molecule has 0 bridgehead atoms. The number of hydrogen-bond acceptors (Lipinski definition) is 1. The minimum Gasteiger partial charge on any atom is -0.596 e. The molecule has 156 valence electrons. The van der Waals surface area contributed by atoms with E-state index in [2.05, 4.69) is 5.43 Å². The van der Waals surface area contributed by atoms with Crippen LogP contribution < -0.4 is 5.01 Å². The van der Waals surface area contributed by atoms with Crippen molar-refractivity contribution in [3.8, 4) is 0 Å². The molecule has 0 saturated carbocycles. The van der Waals surface area contributed by atoms with E-state index in [1.807, 2.05) is 85.0 Å². The molecular weight excluding hydrogens is 441 g/mol. The fourth-order valence-corrected chi connectivity index (χ4v) is 3.17. The number of benzene rings is 2. The fraction of sp³-hybridized carbons (Fsp3) is 0. The molecule has 1 heterocycles. The van der Waals surface area contributed by atoms with Crippen molar-refractivity contribution < 1.29 is 30.2 Å². The van der Waals surface area contributed by atoms with Gasteiger partial charge in [-0.15, -0.1) is 0 Å². The van der Waals surface area contributed by atoms with Crippen LogP contribution in [0.1, 0.15) is 5.56 Å². The van der Waals surface area contributed by atoms with E-state index in [4.69, 9.17) is 0 Å². The molecule has 0 spiro atoms. The van der Waals surface area contributed by atoms with Crippen LogP contribution >= 0.6 is 0 Å². The monoisotopic (exact) mass is 458 g/mol. The van der Waals surface area contributed by atoms with Crippen molar-refractivity contribution in [1.82, 2.24) is 0 Å². The van der Waals surface area contributed by atoms with Gasteiger partial charge >= 0.3 is 17.1 Å². The van der Waals surface area contributed by atoms with Gasteiger partial charge in [-0.2, -0.15) is 24.4 Å². The molecule has 31 heavy (non-hydrogen) atoms. The van der Waals surface area contributed by atoms with Crippen LogP contribution in [0.2, 0.25) is 0 Å². The molecule has 1 aliphatic heterocycles. The Morgan fingerprint density at radius 3 is 1.97 bits per heavy atom. The Hall–Kier alpha value is -3.34. The maximum absolute atomic E-state index is 13.7. The van der Waals surface area contributed by atoms with Gasteiger partial charge in [-0.05, 0) is 41.0 Å². The molecule has 1 aliphatic carbocycles. The third kappa shape index (κ3) is 4.88. The summed E-state index contributed by atoms with van der Waals surface area (Å²) in [6, 6.07) is 21.4. The SMILES string of the molecule is Fc1cc(C2=C[N-]N(c3ccccc3)C2=C2C=CC=C2)cc(F)c1F.[Fe+2].c1cc[cH-]c1. The first-order chi connectivity index (χ1) is 14.6. The molecule has 0 unspecified atom stereocenters. The van der Waals surface area contributed by atoms with Crippen LogP contribution in [0.4, 0.5) is 18.9 Å². The van der Waals surface area contributed by atoms with Gasteiger partial charge in [0.15, 0.2) is 17.5 Å². The summed E-state index contributed by atoms with van der Waals surface area (Å²) in [5, 5.41) is 1.70. The largest absolute Gasteiger partial charge is 2.00 e. The fourth-order valence-electron chi connectivity index (χ4n) is 3.17. The Morgan fingerprint density at radius 1 is 0.806 bits per heavy atom. The standard InChI is InChI=1S/C20H12F3N2.C5H5.Fe/c21-17-10-14(11-18(22)19(17)23)16-12-24-25(15-8-2-1-3-9-15)20(16)13-6-4-5-7-13;1-2-4-5-3-1;/h1-12H;1-5H;/q2*-1;+2. The summed E-state index contributed by atoms with van der Waals surface area (Å²) in [5.41, 5.74) is 7.47. The maximum atomic E-state index is 13.7. The molecule has 0 aromatic heterocycles. The summed E-state index contributed by atoms with van der Waals surface area (Å²) in [7, 11) is 0. The molecule has 2 nitrogen and oxygen atoms in total. The van der Waals surface area contributed by atoms with Gasteiger partial charge in [-0.1, -0.05) is 42.5 Å². The Balaban J connectivity index is 0.000000401. The number of halogens is 3. The van der Waals surface area contributed by atoms with Crippen LogP contribution in [0.25, 0.3) is 11.0 Å². The first-order valence-electron chi connectivity index (χ1n) is 9.32. The number of hydrogen-bond donors (Lipinski definition) is 0. The van der Waals surface area contributed by atoms with Crippen LogP contribution in [0.15, 0.2) is 115 Å². The molecule has 0 fully saturated rings.